The molecular weight excluding hydrogens is 230 g/mol. The Bertz CT molecular complexity index is 252. The standard InChI is InChI=1S/C5H2Cl4N2/c6-1-2-10-4(8)3(7)5(9)11-2/h1H2. The van der Waals surface area contributed by atoms with Gasteiger partial charge in [0, 0.05) is 0 Å². The summed E-state index contributed by atoms with van der Waals surface area (Å²) < 4.78 is 0. The van der Waals surface area contributed by atoms with Gasteiger partial charge in [0.05, 0.1) is 5.88 Å². The average Bonchev–Trinajstić information content (AvgIpc) is 1.99. The van der Waals surface area contributed by atoms with E-state index in [0.29, 0.717) is 5.82 Å². The van der Waals surface area contributed by atoms with Crippen molar-refractivity contribution in [1.29, 1.82) is 0 Å². The highest BCUT2D eigenvalue weighted by Gasteiger charge is 2.07. The average molecular weight is 232 g/mol. The van der Waals surface area contributed by atoms with Crippen molar-refractivity contribution in [3.05, 3.63) is 21.2 Å². The maximum atomic E-state index is 5.57. The predicted octanol–water partition coefficient (Wildman–Crippen LogP) is 3.18. The van der Waals surface area contributed by atoms with Gasteiger partial charge in [0.1, 0.15) is 10.8 Å². The van der Waals surface area contributed by atoms with Crippen molar-refractivity contribution in [2.75, 3.05) is 0 Å². The van der Waals surface area contributed by atoms with Crippen LogP contribution in [-0.2, 0) is 5.88 Å². The van der Waals surface area contributed by atoms with Crippen LogP contribution in [-0.4, -0.2) is 9.97 Å². The van der Waals surface area contributed by atoms with Crippen molar-refractivity contribution in [2.24, 2.45) is 0 Å². The van der Waals surface area contributed by atoms with Gasteiger partial charge < -0.3 is 0 Å². The quantitative estimate of drug-likeness (QED) is 0.548. The zero-order chi connectivity index (χ0) is 8.43. The highest BCUT2D eigenvalue weighted by Crippen LogP contribution is 2.26. The van der Waals surface area contributed by atoms with Crippen LogP contribution < -0.4 is 0 Å². The van der Waals surface area contributed by atoms with E-state index in [4.69, 9.17) is 46.4 Å². The Morgan fingerprint density at radius 3 is 1.82 bits per heavy atom. The molecule has 0 aliphatic carbocycles. The van der Waals surface area contributed by atoms with Crippen molar-refractivity contribution in [3.8, 4) is 0 Å². The van der Waals surface area contributed by atoms with Crippen LogP contribution in [0.1, 0.15) is 5.82 Å². The lowest BCUT2D eigenvalue weighted by Gasteiger charge is -1.98. The maximum absolute atomic E-state index is 5.57. The molecule has 0 saturated heterocycles. The van der Waals surface area contributed by atoms with Gasteiger partial charge in [-0.3, -0.25) is 0 Å². The van der Waals surface area contributed by atoms with Crippen molar-refractivity contribution in [1.82, 2.24) is 9.97 Å². The summed E-state index contributed by atoms with van der Waals surface area (Å²) in [5.41, 5.74) is 0. The molecule has 0 atom stereocenters. The van der Waals surface area contributed by atoms with E-state index in [1.807, 2.05) is 0 Å². The van der Waals surface area contributed by atoms with Crippen molar-refractivity contribution in [2.45, 2.75) is 5.88 Å². The molecule has 0 bridgehead atoms. The molecule has 0 saturated carbocycles. The fraction of sp³-hybridized carbons (Fsp3) is 0.200. The minimum Gasteiger partial charge on any atom is -0.218 e. The molecule has 0 aromatic carbocycles. The fourth-order valence-electron chi connectivity index (χ4n) is 0.495. The summed E-state index contributed by atoms with van der Waals surface area (Å²) in [5, 5.41) is 0.409. The smallest absolute Gasteiger partial charge is 0.152 e. The highest BCUT2D eigenvalue weighted by atomic mass is 35.5. The summed E-state index contributed by atoms with van der Waals surface area (Å²) in [6.45, 7) is 0. The van der Waals surface area contributed by atoms with Crippen LogP contribution in [0.5, 0.6) is 0 Å². The molecule has 1 heterocycles. The Morgan fingerprint density at radius 2 is 1.45 bits per heavy atom. The van der Waals surface area contributed by atoms with E-state index in [9.17, 15) is 0 Å². The molecule has 0 amide bonds. The Kier molecular flexibility index (Phi) is 3.19. The lowest BCUT2D eigenvalue weighted by Crippen LogP contribution is -1.92. The van der Waals surface area contributed by atoms with E-state index in [-0.39, 0.29) is 21.2 Å². The molecule has 0 spiro atoms. The zero-order valence-electron chi connectivity index (χ0n) is 5.11. The first kappa shape index (κ1) is 9.33. The topological polar surface area (TPSA) is 25.8 Å². The molecule has 60 valence electrons. The third-order valence-electron chi connectivity index (χ3n) is 0.936. The molecule has 1 aromatic heterocycles. The molecule has 0 unspecified atom stereocenters. The van der Waals surface area contributed by atoms with Gasteiger partial charge in [0.2, 0.25) is 0 Å². The van der Waals surface area contributed by atoms with E-state index >= 15 is 0 Å². The van der Waals surface area contributed by atoms with E-state index in [1.54, 1.807) is 0 Å². The summed E-state index contributed by atoms with van der Waals surface area (Å²) in [6, 6.07) is 0. The molecular formula is C5H2Cl4N2. The van der Waals surface area contributed by atoms with Crippen molar-refractivity contribution >= 4 is 46.4 Å². The van der Waals surface area contributed by atoms with Crippen LogP contribution in [0.2, 0.25) is 15.3 Å². The number of hydrogen-bond acceptors (Lipinski definition) is 2. The maximum Gasteiger partial charge on any atom is 0.152 e. The van der Waals surface area contributed by atoms with Crippen molar-refractivity contribution < 1.29 is 0 Å². The van der Waals surface area contributed by atoms with Gasteiger partial charge in [-0.15, -0.1) is 11.6 Å². The van der Waals surface area contributed by atoms with E-state index in [1.165, 1.54) is 0 Å². The molecule has 0 radical (unpaired) electrons. The Balaban J connectivity index is 3.21. The Morgan fingerprint density at radius 1 is 1.00 bits per heavy atom. The lowest BCUT2D eigenvalue weighted by molar-refractivity contribution is 1.03. The summed E-state index contributed by atoms with van der Waals surface area (Å²) in [5.74, 6) is 0.530. The first-order valence-corrected chi connectivity index (χ1v) is 4.25. The molecule has 11 heavy (non-hydrogen) atoms. The van der Waals surface area contributed by atoms with Gasteiger partial charge in [-0.05, 0) is 0 Å². The second-order valence-electron chi connectivity index (χ2n) is 1.67. The minimum atomic E-state index is 0.127. The van der Waals surface area contributed by atoms with Gasteiger partial charge in [-0.25, -0.2) is 9.97 Å². The predicted molar refractivity (Wildman–Crippen MR) is 46.6 cm³/mol. The van der Waals surface area contributed by atoms with Crippen molar-refractivity contribution in [3.63, 3.8) is 0 Å². The van der Waals surface area contributed by atoms with E-state index in [2.05, 4.69) is 9.97 Å². The summed E-state index contributed by atoms with van der Waals surface area (Å²) in [4.78, 5) is 7.52. The van der Waals surface area contributed by atoms with E-state index < -0.39 is 0 Å². The third kappa shape index (κ3) is 2.09. The van der Waals surface area contributed by atoms with E-state index in [0.717, 1.165) is 0 Å². The van der Waals surface area contributed by atoms with Crippen LogP contribution in [0.25, 0.3) is 0 Å². The molecule has 0 fully saturated rings. The second-order valence-corrected chi connectivity index (χ2v) is 3.03. The summed E-state index contributed by atoms with van der Waals surface area (Å²) >= 11 is 22.2. The molecule has 0 N–H and O–H groups in total. The molecule has 6 heteroatoms. The number of hydrogen-bond donors (Lipinski definition) is 0. The summed E-state index contributed by atoms with van der Waals surface area (Å²) in [7, 11) is 0. The monoisotopic (exact) mass is 230 g/mol. The first-order chi connectivity index (χ1) is 5.15. The molecule has 0 aliphatic rings. The number of alkyl halides is 1. The van der Waals surface area contributed by atoms with Gasteiger partial charge >= 0.3 is 0 Å². The molecule has 1 aromatic rings. The Hall–Kier alpha value is 0.240. The minimum absolute atomic E-state index is 0.127. The number of nitrogens with zero attached hydrogens (tertiary/aromatic N) is 2. The number of halogens is 4. The lowest BCUT2D eigenvalue weighted by atomic mass is 10.6. The first-order valence-electron chi connectivity index (χ1n) is 2.58. The van der Waals surface area contributed by atoms with Crippen LogP contribution in [0.3, 0.4) is 0 Å². The van der Waals surface area contributed by atoms with Crippen LogP contribution in [0.15, 0.2) is 0 Å². The largest absolute Gasteiger partial charge is 0.218 e. The molecule has 2 nitrogen and oxygen atoms in total. The number of rotatable bonds is 1. The molecule has 1 rings (SSSR count). The van der Waals surface area contributed by atoms with Gasteiger partial charge in [0.25, 0.3) is 0 Å². The highest BCUT2D eigenvalue weighted by molar-refractivity contribution is 6.46. The van der Waals surface area contributed by atoms with Gasteiger partial charge in [-0.2, -0.15) is 0 Å². The second kappa shape index (κ2) is 3.76. The van der Waals surface area contributed by atoms with Gasteiger partial charge in [-0.1, -0.05) is 34.8 Å². The summed E-state index contributed by atoms with van der Waals surface area (Å²) in [6.07, 6.45) is 0. The fourth-order valence-corrected chi connectivity index (χ4v) is 1.12. The Labute approximate surface area is 83.4 Å². The van der Waals surface area contributed by atoms with Crippen LogP contribution in [0.4, 0.5) is 0 Å². The third-order valence-corrected chi connectivity index (χ3v) is 2.27. The van der Waals surface area contributed by atoms with Crippen LogP contribution in [0, 0.1) is 0 Å². The SMILES string of the molecule is ClCc1nc(Cl)c(Cl)c(Cl)n1. The number of aromatic nitrogens is 2. The normalized spacial score (nSPS) is 10.2. The van der Waals surface area contributed by atoms with Gasteiger partial charge in [0.15, 0.2) is 10.3 Å². The zero-order valence-corrected chi connectivity index (χ0v) is 8.14. The molecule has 0 aliphatic heterocycles. The van der Waals surface area contributed by atoms with Crippen LogP contribution >= 0.6 is 46.4 Å².